The summed E-state index contributed by atoms with van der Waals surface area (Å²) in [4.78, 5) is 18.6. The number of halogens is 1. The van der Waals surface area contributed by atoms with Crippen molar-refractivity contribution in [2.45, 2.75) is 39.8 Å². The quantitative estimate of drug-likeness (QED) is 0.380. The molecule has 2 N–H and O–H groups in total. The van der Waals surface area contributed by atoms with Crippen LogP contribution in [0.15, 0.2) is 29.3 Å². The van der Waals surface area contributed by atoms with E-state index in [1.54, 1.807) is 14.2 Å². The van der Waals surface area contributed by atoms with Gasteiger partial charge in [-0.25, -0.2) is 0 Å². The van der Waals surface area contributed by atoms with Crippen LogP contribution in [0, 0.1) is 5.41 Å². The van der Waals surface area contributed by atoms with Gasteiger partial charge in [-0.2, -0.15) is 0 Å². The fourth-order valence-electron chi connectivity index (χ4n) is 3.13. The Balaban J connectivity index is 0.00000364. The standard InChI is InChI=1S/C20H32N4O2.HI/c1-20(2,3)17(26-5)12-22-19(21-4)23-13-18(25)24-11-10-15-8-6-7-9-16(15)14-24;/h6-9,17H,10-14H2,1-5H3,(H2,21,22,23);1H. The number of rotatable bonds is 5. The number of methoxy groups -OCH3 is 1. The third-order valence-corrected chi connectivity index (χ3v) is 4.82. The molecule has 6 nitrogen and oxygen atoms in total. The Labute approximate surface area is 180 Å². The second-order valence-corrected chi connectivity index (χ2v) is 7.73. The van der Waals surface area contributed by atoms with Crippen molar-refractivity contribution in [3.05, 3.63) is 35.4 Å². The first kappa shape index (κ1) is 23.7. The molecule has 1 aromatic carbocycles. The number of carbonyl (C=O) groups excluding carboxylic acids is 1. The predicted molar refractivity (Wildman–Crippen MR) is 121 cm³/mol. The summed E-state index contributed by atoms with van der Waals surface area (Å²) >= 11 is 0. The smallest absolute Gasteiger partial charge is 0.242 e. The lowest BCUT2D eigenvalue weighted by Gasteiger charge is -2.30. The molecule has 0 aliphatic carbocycles. The molecule has 7 heteroatoms. The van der Waals surface area contributed by atoms with Crippen LogP contribution in [0.5, 0.6) is 0 Å². The summed E-state index contributed by atoms with van der Waals surface area (Å²) in [7, 11) is 3.42. The molecule has 27 heavy (non-hydrogen) atoms. The number of aliphatic imine (C=N–C) groups is 1. The van der Waals surface area contributed by atoms with Crippen molar-refractivity contribution in [1.82, 2.24) is 15.5 Å². The van der Waals surface area contributed by atoms with Crippen LogP contribution in [-0.2, 0) is 22.5 Å². The van der Waals surface area contributed by atoms with E-state index in [2.05, 4.69) is 54.6 Å². The fourth-order valence-corrected chi connectivity index (χ4v) is 3.13. The molecular formula is C20H33IN4O2. The molecule has 1 amide bonds. The summed E-state index contributed by atoms with van der Waals surface area (Å²) in [5.41, 5.74) is 2.61. The number of benzene rings is 1. The lowest BCUT2D eigenvalue weighted by Crippen LogP contribution is -2.48. The summed E-state index contributed by atoms with van der Waals surface area (Å²) in [6.07, 6.45) is 0.964. The molecule has 0 fully saturated rings. The summed E-state index contributed by atoms with van der Waals surface area (Å²) in [5.74, 6) is 0.698. The molecule has 0 bridgehead atoms. The fraction of sp³-hybridized carbons (Fsp3) is 0.600. The maximum absolute atomic E-state index is 12.5. The first-order valence-electron chi connectivity index (χ1n) is 9.17. The zero-order valence-corrected chi connectivity index (χ0v) is 19.4. The van der Waals surface area contributed by atoms with E-state index in [1.807, 2.05) is 11.0 Å². The molecule has 1 aliphatic rings. The van der Waals surface area contributed by atoms with Gasteiger partial charge in [-0.1, -0.05) is 45.0 Å². The first-order valence-corrected chi connectivity index (χ1v) is 9.17. The largest absolute Gasteiger partial charge is 0.379 e. The van der Waals surface area contributed by atoms with Gasteiger partial charge in [-0.3, -0.25) is 9.79 Å². The number of carbonyl (C=O) groups is 1. The molecule has 152 valence electrons. The number of amides is 1. The summed E-state index contributed by atoms with van der Waals surface area (Å²) < 4.78 is 5.54. The minimum absolute atomic E-state index is 0. The third kappa shape index (κ3) is 6.95. The Kier molecular flexibility index (Phi) is 9.52. The molecule has 1 unspecified atom stereocenters. The van der Waals surface area contributed by atoms with E-state index in [0.717, 1.165) is 13.0 Å². The van der Waals surface area contributed by atoms with Gasteiger partial charge in [0.2, 0.25) is 5.91 Å². The van der Waals surface area contributed by atoms with Gasteiger partial charge in [0.25, 0.3) is 0 Å². The molecule has 1 aliphatic heterocycles. The van der Waals surface area contributed by atoms with E-state index in [1.165, 1.54) is 11.1 Å². The number of fused-ring (bicyclic) bond motifs is 1. The Hall–Kier alpha value is -1.35. The van der Waals surface area contributed by atoms with Crippen molar-refractivity contribution >= 4 is 35.8 Å². The molecule has 0 saturated carbocycles. The van der Waals surface area contributed by atoms with Crippen molar-refractivity contribution < 1.29 is 9.53 Å². The van der Waals surface area contributed by atoms with Crippen molar-refractivity contribution in [1.29, 1.82) is 0 Å². The van der Waals surface area contributed by atoms with Gasteiger partial charge in [0.05, 0.1) is 12.6 Å². The van der Waals surface area contributed by atoms with E-state index in [0.29, 0.717) is 19.0 Å². The molecule has 0 spiro atoms. The maximum atomic E-state index is 12.5. The van der Waals surface area contributed by atoms with Crippen LogP contribution in [0.4, 0.5) is 0 Å². The lowest BCUT2D eigenvalue weighted by atomic mass is 9.89. The molecular weight excluding hydrogens is 455 g/mol. The van der Waals surface area contributed by atoms with E-state index < -0.39 is 0 Å². The van der Waals surface area contributed by atoms with Crippen LogP contribution in [-0.4, -0.2) is 56.7 Å². The summed E-state index contributed by atoms with van der Waals surface area (Å²) in [6, 6.07) is 8.32. The molecule has 0 aromatic heterocycles. The highest BCUT2D eigenvalue weighted by Gasteiger charge is 2.25. The van der Waals surface area contributed by atoms with Crippen LogP contribution >= 0.6 is 24.0 Å². The SMILES string of the molecule is CN=C(NCC(=O)N1CCc2ccccc2C1)NCC(OC)C(C)(C)C.I. The highest BCUT2D eigenvalue weighted by Crippen LogP contribution is 2.21. The minimum atomic E-state index is 0. The van der Waals surface area contributed by atoms with Crippen LogP contribution in [0.3, 0.4) is 0 Å². The molecule has 0 saturated heterocycles. The second-order valence-electron chi connectivity index (χ2n) is 7.73. The molecule has 0 radical (unpaired) electrons. The minimum Gasteiger partial charge on any atom is -0.379 e. The van der Waals surface area contributed by atoms with Crippen LogP contribution in [0.1, 0.15) is 31.9 Å². The van der Waals surface area contributed by atoms with Crippen molar-refractivity contribution in [2.24, 2.45) is 10.4 Å². The first-order chi connectivity index (χ1) is 12.3. The number of hydrogen-bond acceptors (Lipinski definition) is 3. The predicted octanol–water partition coefficient (Wildman–Crippen LogP) is 2.42. The summed E-state index contributed by atoms with van der Waals surface area (Å²) in [5, 5.41) is 6.36. The lowest BCUT2D eigenvalue weighted by molar-refractivity contribution is -0.130. The molecule has 1 atom stereocenters. The average molecular weight is 488 g/mol. The Morgan fingerprint density at radius 2 is 1.93 bits per heavy atom. The number of nitrogens with zero attached hydrogens (tertiary/aromatic N) is 2. The van der Waals surface area contributed by atoms with Crippen molar-refractivity contribution in [3.8, 4) is 0 Å². The Bertz CT molecular complexity index is 643. The van der Waals surface area contributed by atoms with E-state index in [-0.39, 0.29) is 47.9 Å². The van der Waals surface area contributed by atoms with E-state index >= 15 is 0 Å². The number of hydrogen-bond donors (Lipinski definition) is 2. The van der Waals surface area contributed by atoms with Gasteiger partial charge in [-0.05, 0) is 23.0 Å². The molecule has 1 heterocycles. The highest BCUT2D eigenvalue weighted by molar-refractivity contribution is 14.0. The second kappa shape index (κ2) is 10.8. The topological polar surface area (TPSA) is 66.0 Å². The van der Waals surface area contributed by atoms with Crippen LogP contribution in [0.25, 0.3) is 0 Å². The van der Waals surface area contributed by atoms with Gasteiger partial charge < -0.3 is 20.3 Å². The number of ether oxygens (including phenoxy) is 1. The van der Waals surface area contributed by atoms with E-state index in [9.17, 15) is 4.79 Å². The van der Waals surface area contributed by atoms with Gasteiger partial charge >= 0.3 is 0 Å². The van der Waals surface area contributed by atoms with E-state index in [4.69, 9.17) is 4.74 Å². The maximum Gasteiger partial charge on any atom is 0.242 e. The average Bonchev–Trinajstić information content (AvgIpc) is 2.62. The monoisotopic (exact) mass is 488 g/mol. The highest BCUT2D eigenvalue weighted by atomic mass is 127. The molecule has 2 rings (SSSR count). The van der Waals surface area contributed by atoms with Crippen molar-refractivity contribution in [2.75, 3.05) is 33.8 Å². The Morgan fingerprint density at radius 1 is 1.26 bits per heavy atom. The van der Waals surface area contributed by atoms with Gasteiger partial charge in [-0.15, -0.1) is 24.0 Å². The van der Waals surface area contributed by atoms with Crippen LogP contribution < -0.4 is 10.6 Å². The normalized spacial score (nSPS) is 15.4. The van der Waals surface area contributed by atoms with Crippen LogP contribution in [0.2, 0.25) is 0 Å². The van der Waals surface area contributed by atoms with Gasteiger partial charge in [0, 0.05) is 33.8 Å². The number of nitrogens with one attached hydrogen (secondary N) is 2. The van der Waals surface area contributed by atoms with Crippen molar-refractivity contribution in [3.63, 3.8) is 0 Å². The summed E-state index contributed by atoms with van der Waals surface area (Å²) in [6.45, 7) is 8.71. The number of guanidine groups is 1. The third-order valence-electron chi connectivity index (χ3n) is 4.82. The van der Waals surface area contributed by atoms with Gasteiger partial charge in [0.1, 0.15) is 0 Å². The Morgan fingerprint density at radius 3 is 2.52 bits per heavy atom. The van der Waals surface area contributed by atoms with Gasteiger partial charge in [0.15, 0.2) is 5.96 Å². The molecule has 1 aromatic rings. The zero-order valence-electron chi connectivity index (χ0n) is 17.0. The zero-order chi connectivity index (χ0) is 19.2.